The molecule has 6 heteroatoms. The Bertz CT molecular complexity index is 758. The highest BCUT2D eigenvalue weighted by molar-refractivity contribution is 8.19. The van der Waals surface area contributed by atoms with Gasteiger partial charge in [0.05, 0.1) is 0 Å². The summed E-state index contributed by atoms with van der Waals surface area (Å²) >= 11 is 0.946. The van der Waals surface area contributed by atoms with Crippen molar-refractivity contribution in [3.63, 3.8) is 0 Å². The first-order valence-corrected chi connectivity index (χ1v) is 6.78. The number of fused-ring (bicyclic) bond motifs is 1. The summed E-state index contributed by atoms with van der Waals surface area (Å²) in [5, 5.41) is 3.21. The van der Waals surface area contributed by atoms with Gasteiger partial charge in [0.15, 0.2) is 12.7 Å². The van der Waals surface area contributed by atoms with E-state index in [0.717, 1.165) is 11.6 Å². The van der Waals surface area contributed by atoms with Gasteiger partial charge in [0.1, 0.15) is 5.52 Å². The third-order valence-corrected chi connectivity index (χ3v) is 3.14. The van der Waals surface area contributed by atoms with Crippen LogP contribution in [0.2, 0.25) is 0 Å². The minimum atomic E-state index is -0.165. The number of rotatable bonds is 3. The maximum Gasteiger partial charge on any atom is 0.255 e. The Kier molecular flexibility index (Phi) is 3.47. The van der Waals surface area contributed by atoms with Gasteiger partial charge in [-0.25, -0.2) is 4.98 Å². The number of benzene rings is 2. The number of carbonyl (C=O) groups is 1. The third-order valence-electron chi connectivity index (χ3n) is 2.76. The Hall–Kier alpha value is -2.21. The maximum atomic E-state index is 12.0. The Morgan fingerprint density at radius 1 is 1.20 bits per heavy atom. The van der Waals surface area contributed by atoms with Gasteiger partial charge in [-0.2, -0.15) is 0 Å². The second-order valence-electron chi connectivity index (χ2n) is 4.10. The fourth-order valence-corrected chi connectivity index (χ4v) is 2.12. The van der Waals surface area contributed by atoms with Crippen LogP contribution >= 0.6 is 11.6 Å². The first kappa shape index (κ1) is 12.8. The fraction of sp³-hybridized carbons (Fsp3) is 0. The number of oxazole rings is 1. The van der Waals surface area contributed by atoms with Crippen LogP contribution in [0.4, 0.5) is 5.69 Å². The van der Waals surface area contributed by atoms with Gasteiger partial charge in [-0.05, 0) is 30.3 Å². The molecule has 0 aliphatic heterocycles. The number of aromatic nitrogens is 1. The van der Waals surface area contributed by atoms with Gasteiger partial charge < -0.3 is 9.73 Å². The molecule has 96 valence electrons. The molecule has 2 radical (unpaired) electrons. The molecule has 1 heterocycles. The summed E-state index contributed by atoms with van der Waals surface area (Å²) in [5.74, 6) is -0.165. The van der Waals surface area contributed by atoms with Crippen LogP contribution in [-0.4, -0.2) is 18.0 Å². The van der Waals surface area contributed by atoms with Crippen molar-refractivity contribution in [3.05, 3.63) is 54.1 Å². The molecule has 1 N–H and O–H groups in total. The zero-order valence-electron chi connectivity index (χ0n) is 10.4. The lowest BCUT2D eigenvalue weighted by atomic mass is 10.2. The van der Waals surface area contributed by atoms with E-state index in [4.69, 9.17) is 11.5 Å². The van der Waals surface area contributed by atoms with E-state index in [2.05, 4.69) is 10.3 Å². The van der Waals surface area contributed by atoms with Crippen molar-refractivity contribution in [1.29, 1.82) is 0 Å². The Balaban J connectivity index is 1.85. The van der Waals surface area contributed by atoms with Crippen LogP contribution in [0.3, 0.4) is 0 Å². The summed E-state index contributed by atoms with van der Waals surface area (Å²) in [5.41, 5.74) is 2.55. The van der Waals surface area contributed by atoms with Crippen LogP contribution in [0.5, 0.6) is 0 Å². The highest BCUT2D eigenvalue weighted by Gasteiger charge is 2.08. The number of amides is 1. The molecule has 0 unspecified atom stereocenters. The Morgan fingerprint density at radius 3 is 2.75 bits per heavy atom. The summed E-state index contributed by atoms with van der Waals surface area (Å²) in [6.45, 7) is 0. The molecule has 1 aromatic heterocycles. The van der Waals surface area contributed by atoms with E-state index in [1.165, 1.54) is 0 Å². The molecule has 0 aliphatic rings. The summed E-state index contributed by atoms with van der Waals surface area (Å²) in [7, 11) is 5.40. The van der Waals surface area contributed by atoms with Crippen LogP contribution < -0.4 is 5.32 Å². The van der Waals surface area contributed by atoms with Gasteiger partial charge in [0, 0.05) is 11.3 Å². The second kappa shape index (κ2) is 5.42. The predicted octanol–water partition coefficient (Wildman–Crippen LogP) is 3.26. The molecule has 1 amide bonds. The van der Waals surface area contributed by atoms with Gasteiger partial charge in [-0.1, -0.05) is 18.2 Å². The van der Waals surface area contributed by atoms with E-state index >= 15 is 0 Å². The summed E-state index contributed by atoms with van der Waals surface area (Å²) in [6.07, 6.45) is 0. The van der Waals surface area contributed by atoms with Crippen LogP contribution in [0.25, 0.3) is 11.1 Å². The number of nitrogens with one attached hydrogen (secondary N) is 1. The van der Waals surface area contributed by atoms with Crippen LogP contribution in [0.1, 0.15) is 10.4 Å². The molecule has 0 bridgehead atoms. The first-order chi connectivity index (χ1) is 9.76. The first-order valence-electron chi connectivity index (χ1n) is 5.90. The predicted molar refractivity (Wildman–Crippen MR) is 80.0 cm³/mol. The van der Waals surface area contributed by atoms with Gasteiger partial charge in [0.2, 0.25) is 5.22 Å². The molecular formula is C14H9BN2O2S. The fourth-order valence-electron chi connectivity index (χ4n) is 1.83. The average Bonchev–Trinajstić information content (AvgIpc) is 2.90. The molecule has 4 nitrogen and oxygen atoms in total. The lowest BCUT2D eigenvalue weighted by Crippen LogP contribution is -2.11. The zero-order chi connectivity index (χ0) is 13.9. The van der Waals surface area contributed by atoms with Gasteiger partial charge in [-0.15, -0.1) is 11.6 Å². The van der Waals surface area contributed by atoms with Crippen LogP contribution in [0, 0.1) is 0 Å². The molecule has 0 saturated carbocycles. The lowest BCUT2D eigenvalue weighted by Gasteiger charge is -2.04. The highest BCUT2D eigenvalue weighted by atomic mass is 32.2. The molecule has 0 saturated heterocycles. The molecule has 0 atom stereocenters. The standard InChI is InChI=1S/C14H9BN2O2S/c15-20-14-17-11-8-10(6-7-12(11)19-14)16-13(18)9-4-2-1-3-5-9/h1-8H,(H,16,18). The second-order valence-corrected chi connectivity index (χ2v) is 4.69. The van der Waals surface area contributed by atoms with Crippen molar-refractivity contribution in [1.82, 2.24) is 4.98 Å². The van der Waals surface area contributed by atoms with Crippen molar-refractivity contribution in [2.24, 2.45) is 0 Å². The number of hydrogen-bond acceptors (Lipinski definition) is 4. The lowest BCUT2D eigenvalue weighted by molar-refractivity contribution is 0.102. The number of anilines is 1. The van der Waals surface area contributed by atoms with E-state index in [1.54, 1.807) is 30.3 Å². The minimum absolute atomic E-state index is 0.165. The zero-order valence-corrected chi connectivity index (χ0v) is 11.2. The third kappa shape index (κ3) is 2.55. The van der Waals surface area contributed by atoms with Gasteiger partial charge in [0.25, 0.3) is 5.91 Å². The monoisotopic (exact) mass is 280 g/mol. The largest absolute Gasteiger partial charge is 0.432 e. The SMILES string of the molecule is [B]Sc1nc2cc(NC(=O)c3ccccc3)ccc2o1. The maximum absolute atomic E-state index is 12.0. The minimum Gasteiger partial charge on any atom is -0.432 e. The van der Waals surface area contributed by atoms with E-state index in [0.29, 0.717) is 27.6 Å². The molecule has 0 fully saturated rings. The molecular weight excluding hydrogens is 271 g/mol. The van der Waals surface area contributed by atoms with Crippen molar-refractivity contribution < 1.29 is 9.21 Å². The Morgan fingerprint density at radius 2 is 2.00 bits per heavy atom. The van der Waals surface area contributed by atoms with E-state index in [-0.39, 0.29) is 5.91 Å². The van der Waals surface area contributed by atoms with Crippen molar-refractivity contribution >= 4 is 41.4 Å². The average molecular weight is 280 g/mol. The smallest absolute Gasteiger partial charge is 0.255 e. The van der Waals surface area contributed by atoms with Crippen LogP contribution in [-0.2, 0) is 0 Å². The van der Waals surface area contributed by atoms with Gasteiger partial charge >= 0.3 is 0 Å². The van der Waals surface area contributed by atoms with Crippen molar-refractivity contribution in [2.45, 2.75) is 5.22 Å². The summed E-state index contributed by atoms with van der Waals surface area (Å²) in [6, 6.07) is 14.3. The molecule has 20 heavy (non-hydrogen) atoms. The van der Waals surface area contributed by atoms with Crippen LogP contribution in [0.15, 0.2) is 58.2 Å². The molecule has 0 spiro atoms. The topological polar surface area (TPSA) is 55.1 Å². The molecule has 3 rings (SSSR count). The van der Waals surface area contributed by atoms with Crippen molar-refractivity contribution in [2.75, 3.05) is 5.32 Å². The molecule has 2 aromatic carbocycles. The highest BCUT2D eigenvalue weighted by Crippen LogP contribution is 2.24. The van der Waals surface area contributed by atoms with E-state index in [9.17, 15) is 4.79 Å². The van der Waals surface area contributed by atoms with E-state index in [1.807, 2.05) is 18.2 Å². The molecule has 0 aliphatic carbocycles. The number of carbonyl (C=O) groups excluding carboxylic acids is 1. The quantitative estimate of drug-likeness (QED) is 0.748. The van der Waals surface area contributed by atoms with Gasteiger partial charge in [-0.3, -0.25) is 4.79 Å². The normalized spacial score (nSPS) is 10.6. The summed E-state index contributed by atoms with van der Waals surface area (Å²) < 4.78 is 5.38. The number of nitrogens with zero attached hydrogens (tertiary/aromatic N) is 1. The Labute approximate surface area is 120 Å². The summed E-state index contributed by atoms with van der Waals surface area (Å²) in [4.78, 5) is 16.2. The number of hydrogen-bond donors (Lipinski definition) is 1. The van der Waals surface area contributed by atoms with Crippen molar-refractivity contribution in [3.8, 4) is 0 Å². The van der Waals surface area contributed by atoms with E-state index < -0.39 is 0 Å². The molecule has 3 aromatic rings.